The standard InChI is InChI=1S/C14H18FNO2/c1-10-4-5-11(8-12(10)15)16-13(17)9-14(18)6-2-3-7-14/h4-5,8,18H,2-3,6-7,9H2,1H3,(H,16,17). The van der Waals surface area contributed by atoms with Gasteiger partial charge in [-0.2, -0.15) is 0 Å². The third kappa shape index (κ3) is 3.07. The average Bonchev–Trinajstić information content (AvgIpc) is 2.70. The van der Waals surface area contributed by atoms with E-state index in [1.54, 1.807) is 19.1 Å². The van der Waals surface area contributed by atoms with Crippen LogP contribution >= 0.6 is 0 Å². The van der Waals surface area contributed by atoms with E-state index in [2.05, 4.69) is 5.32 Å². The molecule has 1 aromatic carbocycles. The second-order valence-corrected chi connectivity index (χ2v) is 5.12. The molecule has 0 bridgehead atoms. The lowest BCUT2D eigenvalue weighted by Gasteiger charge is -2.21. The van der Waals surface area contributed by atoms with E-state index < -0.39 is 5.60 Å². The number of benzene rings is 1. The van der Waals surface area contributed by atoms with Crippen LogP contribution < -0.4 is 5.32 Å². The average molecular weight is 251 g/mol. The van der Waals surface area contributed by atoms with Crippen molar-refractivity contribution in [2.45, 2.75) is 44.6 Å². The zero-order valence-electron chi connectivity index (χ0n) is 10.5. The number of aryl methyl sites for hydroxylation is 1. The van der Waals surface area contributed by atoms with Crippen LogP contribution in [0.5, 0.6) is 0 Å². The van der Waals surface area contributed by atoms with Crippen molar-refractivity contribution in [3.63, 3.8) is 0 Å². The lowest BCUT2D eigenvalue weighted by atomic mass is 9.97. The van der Waals surface area contributed by atoms with Gasteiger partial charge in [0, 0.05) is 5.69 Å². The molecule has 0 heterocycles. The predicted octanol–water partition coefficient (Wildman–Crippen LogP) is 2.77. The molecule has 2 rings (SSSR count). The highest BCUT2D eigenvalue weighted by atomic mass is 19.1. The number of amides is 1. The minimum absolute atomic E-state index is 0.0858. The number of nitrogens with one attached hydrogen (secondary N) is 1. The Labute approximate surface area is 106 Å². The van der Waals surface area contributed by atoms with Crippen molar-refractivity contribution in [1.29, 1.82) is 0 Å². The molecule has 1 fully saturated rings. The first-order valence-corrected chi connectivity index (χ1v) is 6.27. The molecule has 0 aromatic heterocycles. The molecule has 98 valence electrons. The van der Waals surface area contributed by atoms with Gasteiger partial charge < -0.3 is 10.4 Å². The number of anilines is 1. The molecule has 0 aliphatic heterocycles. The van der Waals surface area contributed by atoms with Gasteiger partial charge in [0.15, 0.2) is 0 Å². The van der Waals surface area contributed by atoms with E-state index in [1.807, 2.05) is 0 Å². The topological polar surface area (TPSA) is 49.3 Å². The van der Waals surface area contributed by atoms with Crippen LogP contribution in [0.25, 0.3) is 0 Å². The zero-order chi connectivity index (χ0) is 13.2. The number of rotatable bonds is 3. The van der Waals surface area contributed by atoms with Gasteiger partial charge in [0.1, 0.15) is 5.82 Å². The predicted molar refractivity (Wildman–Crippen MR) is 67.8 cm³/mol. The van der Waals surface area contributed by atoms with Gasteiger partial charge in [-0.3, -0.25) is 4.79 Å². The van der Waals surface area contributed by atoms with Crippen molar-refractivity contribution in [2.75, 3.05) is 5.32 Å². The highest BCUT2D eigenvalue weighted by molar-refractivity contribution is 5.91. The van der Waals surface area contributed by atoms with Crippen LogP contribution in [0.3, 0.4) is 0 Å². The second kappa shape index (κ2) is 5.06. The number of hydrogen-bond acceptors (Lipinski definition) is 2. The molecule has 1 aromatic rings. The molecule has 18 heavy (non-hydrogen) atoms. The van der Waals surface area contributed by atoms with Crippen LogP contribution in [0.4, 0.5) is 10.1 Å². The van der Waals surface area contributed by atoms with E-state index >= 15 is 0 Å². The van der Waals surface area contributed by atoms with Gasteiger partial charge >= 0.3 is 0 Å². The Kier molecular flexibility index (Phi) is 3.66. The third-order valence-corrected chi connectivity index (χ3v) is 3.48. The van der Waals surface area contributed by atoms with Crippen LogP contribution in [-0.2, 0) is 4.79 Å². The quantitative estimate of drug-likeness (QED) is 0.867. The van der Waals surface area contributed by atoms with Gasteiger partial charge in [-0.15, -0.1) is 0 Å². The molecule has 1 aliphatic carbocycles. The van der Waals surface area contributed by atoms with Crippen molar-refractivity contribution in [1.82, 2.24) is 0 Å². The summed E-state index contributed by atoms with van der Waals surface area (Å²) in [7, 11) is 0. The lowest BCUT2D eigenvalue weighted by Crippen LogP contribution is -2.30. The van der Waals surface area contributed by atoms with Crippen LogP contribution in [0.1, 0.15) is 37.7 Å². The van der Waals surface area contributed by atoms with Crippen molar-refractivity contribution in [2.24, 2.45) is 0 Å². The number of halogens is 1. The number of aliphatic hydroxyl groups is 1. The van der Waals surface area contributed by atoms with Crippen molar-refractivity contribution < 1.29 is 14.3 Å². The van der Waals surface area contributed by atoms with Crippen molar-refractivity contribution >= 4 is 11.6 Å². The Morgan fingerprint density at radius 1 is 1.44 bits per heavy atom. The SMILES string of the molecule is Cc1ccc(NC(=O)CC2(O)CCCC2)cc1F. The molecule has 2 N–H and O–H groups in total. The molecule has 3 nitrogen and oxygen atoms in total. The Hall–Kier alpha value is -1.42. The molecular weight excluding hydrogens is 233 g/mol. The Balaban J connectivity index is 1.96. The molecule has 1 amide bonds. The molecule has 0 radical (unpaired) electrons. The summed E-state index contributed by atoms with van der Waals surface area (Å²) in [6.45, 7) is 1.67. The first-order valence-electron chi connectivity index (χ1n) is 6.27. The molecular formula is C14H18FNO2. The largest absolute Gasteiger partial charge is 0.389 e. The van der Waals surface area contributed by atoms with Crippen molar-refractivity contribution in [3.8, 4) is 0 Å². The summed E-state index contributed by atoms with van der Waals surface area (Å²) in [5.41, 5.74) is 0.111. The first-order chi connectivity index (χ1) is 8.48. The van der Waals surface area contributed by atoms with Gasteiger partial charge in [0.25, 0.3) is 0 Å². The highest BCUT2D eigenvalue weighted by Gasteiger charge is 2.33. The molecule has 0 spiro atoms. The van der Waals surface area contributed by atoms with Crippen LogP contribution in [0.15, 0.2) is 18.2 Å². The fourth-order valence-corrected chi connectivity index (χ4v) is 2.38. The third-order valence-electron chi connectivity index (χ3n) is 3.48. The molecule has 0 unspecified atom stereocenters. The summed E-state index contributed by atoms with van der Waals surface area (Å²) in [5, 5.41) is 12.7. The Morgan fingerprint density at radius 3 is 2.72 bits per heavy atom. The summed E-state index contributed by atoms with van der Waals surface area (Å²) in [5.74, 6) is -0.602. The van der Waals surface area contributed by atoms with E-state index in [-0.39, 0.29) is 18.1 Å². The molecule has 4 heteroatoms. The normalized spacial score (nSPS) is 17.7. The van der Waals surface area contributed by atoms with Gasteiger partial charge in [0.2, 0.25) is 5.91 Å². The number of carbonyl (C=O) groups is 1. The monoisotopic (exact) mass is 251 g/mol. The van der Waals surface area contributed by atoms with E-state index in [1.165, 1.54) is 6.07 Å². The second-order valence-electron chi connectivity index (χ2n) is 5.12. The summed E-state index contributed by atoms with van der Waals surface area (Å²) in [4.78, 5) is 11.8. The highest BCUT2D eigenvalue weighted by Crippen LogP contribution is 2.32. The molecule has 1 aliphatic rings. The fourth-order valence-electron chi connectivity index (χ4n) is 2.38. The van der Waals surface area contributed by atoms with Crippen molar-refractivity contribution in [3.05, 3.63) is 29.6 Å². The van der Waals surface area contributed by atoms with Gasteiger partial charge in [-0.1, -0.05) is 18.9 Å². The summed E-state index contributed by atoms with van der Waals surface area (Å²) in [6, 6.07) is 4.58. The van der Waals surface area contributed by atoms with E-state index in [9.17, 15) is 14.3 Å². The fraction of sp³-hybridized carbons (Fsp3) is 0.500. The van der Waals surface area contributed by atoms with Gasteiger partial charge in [-0.25, -0.2) is 4.39 Å². The van der Waals surface area contributed by atoms with Crippen LogP contribution in [0, 0.1) is 12.7 Å². The van der Waals surface area contributed by atoms with E-state index in [0.717, 1.165) is 12.8 Å². The summed E-state index contributed by atoms with van der Waals surface area (Å²) >= 11 is 0. The first kappa shape index (κ1) is 13.0. The maximum absolute atomic E-state index is 13.3. The maximum Gasteiger partial charge on any atom is 0.227 e. The van der Waals surface area contributed by atoms with Crippen LogP contribution in [-0.4, -0.2) is 16.6 Å². The lowest BCUT2D eigenvalue weighted by molar-refractivity contribution is -0.120. The van der Waals surface area contributed by atoms with E-state index in [0.29, 0.717) is 24.1 Å². The number of hydrogen-bond donors (Lipinski definition) is 2. The summed E-state index contributed by atoms with van der Waals surface area (Å²) < 4.78 is 13.3. The Bertz CT molecular complexity index is 453. The minimum atomic E-state index is -0.868. The minimum Gasteiger partial charge on any atom is -0.389 e. The molecule has 0 atom stereocenters. The number of carbonyl (C=O) groups excluding carboxylic acids is 1. The molecule has 0 saturated heterocycles. The van der Waals surface area contributed by atoms with E-state index in [4.69, 9.17) is 0 Å². The van der Waals surface area contributed by atoms with Gasteiger partial charge in [-0.05, 0) is 37.5 Å². The molecule has 1 saturated carbocycles. The maximum atomic E-state index is 13.3. The zero-order valence-corrected chi connectivity index (χ0v) is 10.5. The summed E-state index contributed by atoms with van der Waals surface area (Å²) in [6.07, 6.45) is 3.35. The van der Waals surface area contributed by atoms with Gasteiger partial charge in [0.05, 0.1) is 12.0 Å². The smallest absolute Gasteiger partial charge is 0.227 e. The Morgan fingerprint density at radius 2 is 2.11 bits per heavy atom. The van der Waals surface area contributed by atoms with Crippen LogP contribution in [0.2, 0.25) is 0 Å².